The van der Waals surface area contributed by atoms with Crippen LogP contribution in [-0.4, -0.2) is 25.6 Å². The molecule has 1 aromatic rings. The number of likely N-dealkylation sites (N-methyl/N-ethyl adjacent to an activating group) is 1. The Kier molecular flexibility index (Phi) is 4.97. The van der Waals surface area contributed by atoms with E-state index < -0.39 is 0 Å². The molecule has 3 N–H and O–H groups in total. The predicted molar refractivity (Wildman–Crippen MR) is 68.1 cm³/mol. The van der Waals surface area contributed by atoms with Crippen LogP contribution < -0.4 is 15.8 Å². The Morgan fingerprint density at radius 1 is 1.35 bits per heavy atom. The van der Waals surface area contributed by atoms with Crippen LogP contribution in [0.15, 0.2) is 18.2 Å². The third-order valence-electron chi connectivity index (χ3n) is 2.56. The molecule has 4 nitrogen and oxygen atoms in total. The maximum absolute atomic E-state index is 11.0. The molecule has 0 aromatic heterocycles. The minimum Gasteiger partial charge on any atom is -0.494 e. The van der Waals surface area contributed by atoms with Gasteiger partial charge >= 0.3 is 0 Å². The second kappa shape index (κ2) is 6.25. The Morgan fingerprint density at radius 3 is 2.41 bits per heavy atom. The minimum atomic E-state index is -0.350. The van der Waals surface area contributed by atoms with E-state index in [0.29, 0.717) is 13.0 Å². The summed E-state index contributed by atoms with van der Waals surface area (Å²) in [6, 6.07) is 5.71. The van der Waals surface area contributed by atoms with Gasteiger partial charge in [-0.3, -0.25) is 4.79 Å². The molecule has 1 atom stereocenters. The molecule has 1 rings (SSSR count). The molecule has 0 saturated heterocycles. The third kappa shape index (κ3) is 4.44. The average Bonchev–Trinajstić information content (AvgIpc) is 2.22. The van der Waals surface area contributed by atoms with Crippen LogP contribution in [0.2, 0.25) is 0 Å². The summed E-state index contributed by atoms with van der Waals surface area (Å²) in [4.78, 5) is 11.0. The number of hydrogen-bond donors (Lipinski definition) is 2. The zero-order valence-corrected chi connectivity index (χ0v) is 10.6. The van der Waals surface area contributed by atoms with Gasteiger partial charge in [0.15, 0.2) is 0 Å². The zero-order chi connectivity index (χ0) is 12.8. The van der Waals surface area contributed by atoms with E-state index in [1.54, 1.807) is 7.05 Å². The molecule has 0 bridgehead atoms. The number of carbonyl (C=O) groups excluding carboxylic acids is 1. The van der Waals surface area contributed by atoms with E-state index in [9.17, 15) is 4.79 Å². The van der Waals surface area contributed by atoms with Crippen LogP contribution in [0, 0.1) is 13.8 Å². The standard InChI is InChI=1S/C13H20N2O2/c1-9-6-10(2)8-11(7-9)17-5-4-12(15-3)13(14)16/h6-8,12,15H,4-5H2,1-3H3,(H2,14,16). The van der Waals surface area contributed by atoms with E-state index in [1.165, 1.54) is 11.1 Å². The lowest BCUT2D eigenvalue weighted by molar-refractivity contribution is -0.120. The van der Waals surface area contributed by atoms with Gasteiger partial charge in [0.2, 0.25) is 5.91 Å². The van der Waals surface area contributed by atoms with Gasteiger partial charge in [-0.05, 0) is 44.2 Å². The van der Waals surface area contributed by atoms with Crippen LogP contribution in [0.3, 0.4) is 0 Å². The molecule has 4 heteroatoms. The van der Waals surface area contributed by atoms with E-state index in [2.05, 4.69) is 11.4 Å². The summed E-state index contributed by atoms with van der Waals surface area (Å²) >= 11 is 0. The smallest absolute Gasteiger partial charge is 0.234 e. The molecule has 0 saturated carbocycles. The van der Waals surface area contributed by atoms with Crippen LogP contribution >= 0.6 is 0 Å². The fraction of sp³-hybridized carbons (Fsp3) is 0.462. The topological polar surface area (TPSA) is 64.3 Å². The fourth-order valence-corrected chi connectivity index (χ4v) is 1.74. The van der Waals surface area contributed by atoms with Gasteiger partial charge in [-0.25, -0.2) is 0 Å². The summed E-state index contributed by atoms with van der Waals surface area (Å²) in [5.41, 5.74) is 7.55. The highest BCUT2D eigenvalue weighted by Gasteiger charge is 2.12. The highest BCUT2D eigenvalue weighted by molar-refractivity contribution is 5.79. The molecular formula is C13H20N2O2. The lowest BCUT2D eigenvalue weighted by Crippen LogP contribution is -2.40. The van der Waals surface area contributed by atoms with Gasteiger partial charge in [-0.15, -0.1) is 0 Å². The Morgan fingerprint density at radius 2 is 1.94 bits per heavy atom. The molecule has 0 fully saturated rings. The van der Waals surface area contributed by atoms with Crippen LogP contribution in [0.5, 0.6) is 5.75 Å². The molecule has 0 heterocycles. The second-order valence-electron chi connectivity index (χ2n) is 4.20. The Bertz CT molecular complexity index is 371. The third-order valence-corrected chi connectivity index (χ3v) is 2.56. The molecule has 0 aliphatic heterocycles. The molecule has 0 aliphatic rings. The maximum Gasteiger partial charge on any atom is 0.234 e. The first-order valence-corrected chi connectivity index (χ1v) is 5.70. The molecule has 94 valence electrons. The van der Waals surface area contributed by atoms with Crippen molar-refractivity contribution in [3.05, 3.63) is 29.3 Å². The molecule has 0 aliphatic carbocycles. The summed E-state index contributed by atoms with van der Waals surface area (Å²) in [6.45, 7) is 4.52. The quantitative estimate of drug-likeness (QED) is 0.778. The molecule has 1 amide bonds. The van der Waals surface area contributed by atoms with Crippen LogP contribution in [-0.2, 0) is 4.79 Å². The zero-order valence-electron chi connectivity index (χ0n) is 10.6. The van der Waals surface area contributed by atoms with Gasteiger partial charge in [0, 0.05) is 6.42 Å². The summed E-state index contributed by atoms with van der Waals surface area (Å²) in [5, 5.41) is 2.86. The van der Waals surface area contributed by atoms with Gasteiger partial charge < -0.3 is 15.8 Å². The summed E-state index contributed by atoms with van der Waals surface area (Å²) in [7, 11) is 1.71. The highest BCUT2D eigenvalue weighted by Crippen LogP contribution is 2.16. The van der Waals surface area contributed by atoms with Crippen LogP contribution in [0.1, 0.15) is 17.5 Å². The van der Waals surface area contributed by atoms with Gasteiger partial charge in [0.1, 0.15) is 5.75 Å². The predicted octanol–water partition coefficient (Wildman–Crippen LogP) is 1.15. The monoisotopic (exact) mass is 236 g/mol. The van der Waals surface area contributed by atoms with Crippen molar-refractivity contribution in [3.8, 4) is 5.75 Å². The van der Waals surface area contributed by atoms with Gasteiger partial charge in [-0.1, -0.05) is 6.07 Å². The number of aryl methyl sites for hydroxylation is 2. The van der Waals surface area contributed by atoms with E-state index in [4.69, 9.17) is 10.5 Å². The number of nitrogens with two attached hydrogens (primary N) is 1. The number of rotatable bonds is 6. The van der Waals surface area contributed by atoms with Crippen molar-refractivity contribution in [1.82, 2.24) is 5.32 Å². The number of carbonyl (C=O) groups is 1. The van der Waals surface area contributed by atoms with Gasteiger partial charge in [0.05, 0.1) is 12.6 Å². The Labute approximate surface area is 102 Å². The molecule has 0 spiro atoms. The number of nitrogens with one attached hydrogen (secondary N) is 1. The number of hydrogen-bond acceptors (Lipinski definition) is 3. The second-order valence-corrected chi connectivity index (χ2v) is 4.20. The first-order valence-electron chi connectivity index (χ1n) is 5.70. The largest absolute Gasteiger partial charge is 0.494 e. The van der Waals surface area contributed by atoms with Crippen molar-refractivity contribution in [1.29, 1.82) is 0 Å². The van der Waals surface area contributed by atoms with Crippen LogP contribution in [0.25, 0.3) is 0 Å². The van der Waals surface area contributed by atoms with E-state index in [0.717, 1.165) is 5.75 Å². The van der Waals surface area contributed by atoms with E-state index >= 15 is 0 Å². The number of benzene rings is 1. The molecule has 17 heavy (non-hydrogen) atoms. The molecule has 1 aromatic carbocycles. The first-order chi connectivity index (χ1) is 8.02. The Balaban J connectivity index is 2.47. The van der Waals surface area contributed by atoms with Crippen molar-refractivity contribution >= 4 is 5.91 Å². The SMILES string of the molecule is CNC(CCOc1cc(C)cc(C)c1)C(N)=O. The Hall–Kier alpha value is -1.55. The van der Waals surface area contributed by atoms with E-state index in [1.807, 2.05) is 26.0 Å². The minimum absolute atomic E-state index is 0.332. The average molecular weight is 236 g/mol. The normalized spacial score (nSPS) is 12.2. The summed E-state index contributed by atoms with van der Waals surface area (Å²) in [6.07, 6.45) is 0.568. The summed E-state index contributed by atoms with van der Waals surface area (Å²) in [5.74, 6) is 0.485. The van der Waals surface area contributed by atoms with Crippen molar-refractivity contribution in [2.75, 3.05) is 13.7 Å². The highest BCUT2D eigenvalue weighted by atomic mass is 16.5. The molecule has 0 radical (unpaired) electrons. The molecular weight excluding hydrogens is 216 g/mol. The van der Waals surface area contributed by atoms with Crippen molar-refractivity contribution in [3.63, 3.8) is 0 Å². The number of amides is 1. The van der Waals surface area contributed by atoms with E-state index in [-0.39, 0.29) is 11.9 Å². The van der Waals surface area contributed by atoms with Crippen molar-refractivity contribution < 1.29 is 9.53 Å². The van der Waals surface area contributed by atoms with Gasteiger partial charge in [0.25, 0.3) is 0 Å². The number of ether oxygens (including phenoxy) is 1. The maximum atomic E-state index is 11.0. The summed E-state index contributed by atoms with van der Waals surface area (Å²) < 4.78 is 5.60. The van der Waals surface area contributed by atoms with Crippen molar-refractivity contribution in [2.45, 2.75) is 26.3 Å². The molecule has 1 unspecified atom stereocenters. The lowest BCUT2D eigenvalue weighted by atomic mass is 10.1. The van der Waals surface area contributed by atoms with Crippen LogP contribution in [0.4, 0.5) is 0 Å². The fourth-order valence-electron chi connectivity index (χ4n) is 1.74. The first kappa shape index (κ1) is 13.5. The lowest BCUT2D eigenvalue weighted by Gasteiger charge is -2.13. The number of primary amides is 1. The van der Waals surface area contributed by atoms with Crippen molar-refractivity contribution in [2.24, 2.45) is 5.73 Å². The van der Waals surface area contributed by atoms with Gasteiger partial charge in [-0.2, -0.15) is 0 Å².